The average Bonchev–Trinajstić information content (AvgIpc) is 2.34. The van der Waals surface area contributed by atoms with Gasteiger partial charge < -0.3 is 4.74 Å². The van der Waals surface area contributed by atoms with Crippen molar-refractivity contribution in [3.8, 4) is 11.5 Å². The summed E-state index contributed by atoms with van der Waals surface area (Å²) < 4.78 is 5.59. The summed E-state index contributed by atoms with van der Waals surface area (Å²) in [6, 6.07) is 8.35. The Morgan fingerprint density at radius 1 is 1.22 bits per heavy atom. The Hall–Kier alpha value is -2.43. The van der Waals surface area contributed by atoms with Crippen LogP contribution in [-0.2, 0) is 0 Å². The molecule has 2 aromatic rings. The number of nitrogens with zero attached hydrogens (tertiary/aromatic N) is 2. The number of aryl methyl sites for hydroxylation is 1. The van der Waals surface area contributed by atoms with Gasteiger partial charge in [0.25, 0.3) is 5.69 Å². The molecular formula is C13H12N2O3. The fourth-order valence-corrected chi connectivity index (χ4v) is 1.55. The lowest BCUT2D eigenvalue weighted by molar-refractivity contribution is -0.385. The second-order valence-corrected chi connectivity index (χ2v) is 3.89. The first-order chi connectivity index (χ1) is 8.58. The van der Waals surface area contributed by atoms with Crippen LogP contribution < -0.4 is 4.74 Å². The fraction of sp³-hybridized carbons (Fsp3) is 0.154. The van der Waals surface area contributed by atoms with E-state index in [4.69, 9.17) is 4.74 Å². The second kappa shape index (κ2) is 4.83. The van der Waals surface area contributed by atoms with Gasteiger partial charge in [-0.25, -0.2) is 0 Å². The van der Waals surface area contributed by atoms with Gasteiger partial charge in [-0.15, -0.1) is 0 Å². The maximum atomic E-state index is 10.8. The molecule has 0 atom stereocenters. The third-order valence-electron chi connectivity index (χ3n) is 2.56. The molecule has 0 spiro atoms. The number of ether oxygens (including phenoxy) is 1. The number of nitro groups is 1. The number of rotatable bonds is 3. The van der Waals surface area contributed by atoms with Gasteiger partial charge in [-0.1, -0.05) is 6.07 Å². The highest BCUT2D eigenvalue weighted by molar-refractivity contribution is 5.49. The number of hydrogen-bond donors (Lipinski definition) is 0. The molecule has 0 bridgehead atoms. The highest BCUT2D eigenvalue weighted by Crippen LogP contribution is 2.30. The van der Waals surface area contributed by atoms with Crippen molar-refractivity contribution in [1.82, 2.24) is 4.98 Å². The van der Waals surface area contributed by atoms with Crippen molar-refractivity contribution in [3.63, 3.8) is 0 Å². The van der Waals surface area contributed by atoms with Crippen molar-refractivity contribution >= 4 is 5.69 Å². The highest BCUT2D eigenvalue weighted by Gasteiger charge is 2.14. The van der Waals surface area contributed by atoms with Crippen molar-refractivity contribution in [3.05, 3.63) is 57.9 Å². The maximum absolute atomic E-state index is 10.8. The zero-order chi connectivity index (χ0) is 13.1. The summed E-state index contributed by atoms with van der Waals surface area (Å²) in [6.07, 6.45) is 1.59. The third-order valence-corrected chi connectivity index (χ3v) is 2.56. The first kappa shape index (κ1) is 12.0. The molecule has 1 aromatic heterocycles. The van der Waals surface area contributed by atoms with Crippen LogP contribution in [0.25, 0.3) is 0 Å². The minimum atomic E-state index is -0.421. The first-order valence-electron chi connectivity index (χ1n) is 5.42. The molecule has 0 amide bonds. The molecule has 18 heavy (non-hydrogen) atoms. The quantitative estimate of drug-likeness (QED) is 0.613. The Morgan fingerprint density at radius 3 is 2.61 bits per heavy atom. The lowest BCUT2D eigenvalue weighted by Gasteiger charge is -2.08. The zero-order valence-electron chi connectivity index (χ0n) is 10.1. The van der Waals surface area contributed by atoms with E-state index in [1.54, 1.807) is 31.3 Å². The molecule has 0 radical (unpaired) electrons. The van der Waals surface area contributed by atoms with Crippen molar-refractivity contribution in [1.29, 1.82) is 0 Å². The van der Waals surface area contributed by atoms with Crippen LogP contribution in [0.1, 0.15) is 11.3 Å². The van der Waals surface area contributed by atoms with Crippen LogP contribution in [0.15, 0.2) is 36.5 Å². The van der Waals surface area contributed by atoms with Gasteiger partial charge >= 0.3 is 0 Å². The van der Waals surface area contributed by atoms with Gasteiger partial charge in [0.2, 0.25) is 0 Å². The first-order valence-corrected chi connectivity index (χ1v) is 5.42. The van der Waals surface area contributed by atoms with Gasteiger partial charge in [-0.2, -0.15) is 0 Å². The van der Waals surface area contributed by atoms with Gasteiger partial charge in [0.15, 0.2) is 0 Å². The molecular weight excluding hydrogens is 232 g/mol. The molecule has 0 fully saturated rings. The Kier molecular flexibility index (Phi) is 3.23. The van der Waals surface area contributed by atoms with E-state index in [2.05, 4.69) is 4.98 Å². The molecule has 0 saturated carbocycles. The summed E-state index contributed by atoms with van der Waals surface area (Å²) in [5.41, 5.74) is 1.44. The maximum Gasteiger partial charge on any atom is 0.276 e. The Bertz CT molecular complexity index is 579. The lowest BCUT2D eigenvalue weighted by Crippen LogP contribution is -1.95. The van der Waals surface area contributed by atoms with Crippen LogP contribution in [0.5, 0.6) is 11.5 Å². The monoisotopic (exact) mass is 244 g/mol. The van der Waals surface area contributed by atoms with Gasteiger partial charge in [-0.05, 0) is 32.0 Å². The molecule has 1 heterocycles. The largest absolute Gasteiger partial charge is 0.455 e. The Morgan fingerprint density at radius 2 is 2.00 bits per heavy atom. The number of hydrogen-bond acceptors (Lipinski definition) is 4. The fourth-order valence-electron chi connectivity index (χ4n) is 1.55. The van der Waals surface area contributed by atoms with Crippen LogP contribution in [0.4, 0.5) is 5.69 Å². The van der Waals surface area contributed by atoms with E-state index in [0.29, 0.717) is 17.1 Å². The van der Waals surface area contributed by atoms with Gasteiger partial charge in [0, 0.05) is 11.8 Å². The SMILES string of the molecule is Cc1ccc(Oc2cccc([N+](=O)[O-])c2C)cn1. The van der Waals surface area contributed by atoms with E-state index in [0.717, 1.165) is 5.69 Å². The van der Waals surface area contributed by atoms with Crippen LogP contribution in [0.2, 0.25) is 0 Å². The van der Waals surface area contributed by atoms with E-state index in [1.165, 1.54) is 6.07 Å². The van der Waals surface area contributed by atoms with E-state index >= 15 is 0 Å². The van der Waals surface area contributed by atoms with Crippen molar-refractivity contribution < 1.29 is 9.66 Å². The molecule has 0 aliphatic rings. The van der Waals surface area contributed by atoms with Crippen LogP contribution in [0, 0.1) is 24.0 Å². The van der Waals surface area contributed by atoms with Crippen molar-refractivity contribution in [2.75, 3.05) is 0 Å². The van der Waals surface area contributed by atoms with E-state index in [9.17, 15) is 10.1 Å². The highest BCUT2D eigenvalue weighted by atomic mass is 16.6. The van der Waals surface area contributed by atoms with E-state index < -0.39 is 4.92 Å². The second-order valence-electron chi connectivity index (χ2n) is 3.89. The number of aromatic nitrogens is 1. The summed E-state index contributed by atoms with van der Waals surface area (Å²) in [4.78, 5) is 14.5. The molecule has 0 N–H and O–H groups in total. The Labute approximate surface area is 104 Å². The molecule has 92 valence electrons. The third kappa shape index (κ3) is 2.45. The Balaban J connectivity index is 2.32. The van der Waals surface area contributed by atoms with Crippen LogP contribution in [-0.4, -0.2) is 9.91 Å². The standard InChI is InChI=1S/C13H12N2O3/c1-9-6-7-11(8-14-9)18-13-5-3-4-12(10(13)2)15(16)17/h3-8H,1-2H3. The van der Waals surface area contributed by atoms with Gasteiger partial charge in [-0.3, -0.25) is 15.1 Å². The van der Waals surface area contributed by atoms with Gasteiger partial charge in [0.05, 0.1) is 16.7 Å². The predicted octanol–water partition coefficient (Wildman–Crippen LogP) is 3.40. The topological polar surface area (TPSA) is 65.3 Å². The minimum absolute atomic E-state index is 0.0487. The molecule has 0 unspecified atom stereocenters. The molecule has 0 aliphatic heterocycles. The van der Waals surface area contributed by atoms with Gasteiger partial charge in [0.1, 0.15) is 11.5 Å². The summed E-state index contributed by atoms with van der Waals surface area (Å²) >= 11 is 0. The number of benzene rings is 1. The summed E-state index contributed by atoms with van der Waals surface area (Å²) in [5.74, 6) is 1.03. The average molecular weight is 244 g/mol. The summed E-state index contributed by atoms with van der Waals surface area (Å²) in [6.45, 7) is 3.54. The molecule has 1 aromatic carbocycles. The van der Waals surface area contributed by atoms with Crippen molar-refractivity contribution in [2.24, 2.45) is 0 Å². The van der Waals surface area contributed by atoms with E-state index in [-0.39, 0.29) is 5.69 Å². The normalized spacial score (nSPS) is 10.1. The molecule has 5 heteroatoms. The number of nitro benzene ring substituents is 1. The predicted molar refractivity (Wildman–Crippen MR) is 66.9 cm³/mol. The molecule has 2 rings (SSSR count). The molecule has 5 nitrogen and oxygen atoms in total. The zero-order valence-corrected chi connectivity index (χ0v) is 10.1. The van der Waals surface area contributed by atoms with E-state index in [1.807, 2.05) is 13.0 Å². The number of pyridine rings is 1. The summed E-state index contributed by atoms with van der Waals surface area (Å²) in [7, 11) is 0. The minimum Gasteiger partial charge on any atom is -0.455 e. The van der Waals surface area contributed by atoms with Crippen LogP contribution in [0.3, 0.4) is 0 Å². The van der Waals surface area contributed by atoms with Crippen molar-refractivity contribution in [2.45, 2.75) is 13.8 Å². The molecule has 0 aliphatic carbocycles. The smallest absolute Gasteiger partial charge is 0.276 e. The molecule has 0 saturated heterocycles. The van der Waals surface area contributed by atoms with Crippen LogP contribution >= 0.6 is 0 Å². The summed E-state index contributed by atoms with van der Waals surface area (Å²) in [5, 5.41) is 10.8. The lowest BCUT2D eigenvalue weighted by atomic mass is 10.2.